The minimum Gasteiger partial charge on any atom is -0.469 e. The fraction of sp³-hybridized carbons (Fsp3) is 0.458. The van der Waals surface area contributed by atoms with Gasteiger partial charge in [0.2, 0.25) is 0 Å². The molecule has 0 bridgehead atoms. The van der Waals surface area contributed by atoms with Crippen LogP contribution in [0.3, 0.4) is 0 Å². The fourth-order valence-electron chi connectivity index (χ4n) is 4.15. The Morgan fingerprint density at radius 3 is 2.35 bits per heavy atom. The minimum atomic E-state index is -1.84. The van der Waals surface area contributed by atoms with Gasteiger partial charge in [-0.25, -0.2) is 0 Å². The summed E-state index contributed by atoms with van der Waals surface area (Å²) < 4.78 is 4.78. The zero-order valence-corrected chi connectivity index (χ0v) is 17.6. The quantitative estimate of drug-likeness (QED) is 0.559. The third-order valence-electron chi connectivity index (χ3n) is 6.09. The lowest BCUT2D eigenvalue weighted by molar-refractivity contribution is -0.147. The maximum absolute atomic E-state index is 12.3. The van der Waals surface area contributed by atoms with Crippen molar-refractivity contribution in [1.29, 1.82) is 0 Å². The van der Waals surface area contributed by atoms with Gasteiger partial charge in [0.1, 0.15) is 6.10 Å². The van der Waals surface area contributed by atoms with Crippen LogP contribution in [0.25, 0.3) is 10.8 Å². The number of rotatable bonds is 8. The monoisotopic (exact) mass is 427 g/mol. The molecule has 2 aromatic rings. The average molecular weight is 427 g/mol. The van der Waals surface area contributed by atoms with Gasteiger partial charge in [-0.1, -0.05) is 30.3 Å². The van der Waals surface area contributed by atoms with Gasteiger partial charge in [0.15, 0.2) is 11.9 Å². The lowest BCUT2D eigenvalue weighted by Gasteiger charge is -2.27. The van der Waals surface area contributed by atoms with Crippen molar-refractivity contribution < 1.29 is 29.3 Å². The third-order valence-corrected chi connectivity index (χ3v) is 6.09. The van der Waals surface area contributed by atoms with E-state index in [-0.39, 0.29) is 24.2 Å². The number of aliphatic hydroxyl groups excluding tert-OH is 2. The molecular formula is C24H29NO6. The first kappa shape index (κ1) is 22.9. The van der Waals surface area contributed by atoms with Crippen molar-refractivity contribution in [2.45, 2.75) is 50.7 Å². The van der Waals surface area contributed by atoms with E-state index in [1.165, 1.54) is 7.11 Å². The maximum Gasteiger partial charge on any atom is 0.308 e. The fourth-order valence-corrected chi connectivity index (χ4v) is 4.15. The minimum absolute atomic E-state index is 0.0784. The van der Waals surface area contributed by atoms with Gasteiger partial charge >= 0.3 is 5.97 Å². The standard InChI is InChI=1S/C24H29NO6/c1-31-24(30)17-9-6-15(7-10-17)8-13-20(26)21(27)22(28)23(29)25-19-12-11-16-4-2-3-5-18(16)14-19/h2-5,11-12,14-15,17,21-22,27-28H,6-10,13H2,1H3,(H,25,29)/t15?,17?,21-,22+/m0/s1. The van der Waals surface area contributed by atoms with Crippen LogP contribution in [0.15, 0.2) is 42.5 Å². The predicted molar refractivity (Wildman–Crippen MR) is 116 cm³/mol. The summed E-state index contributed by atoms with van der Waals surface area (Å²) in [5, 5.41) is 24.8. The molecule has 3 N–H and O–H groups in total. The number of aliphatic hydroxyl groups is 2. The molecule has 7 heteroatoms. The molecule has 2 aromatic carbocycles. The van der Waals surface area contributed by atoms with Crippen molar-refractivity contribution in [3.8, 4) is 0 Å². The number of carbonyl (C=O) groups excluding carboxylic acids is 3. The van der Waals surface area contributed by atoms with E-state index in [4.69, 9.17) is 4.74 Å². The third kappa shape index (κ3) is 5.89. The van der Waals surface area contributed by atoms with Gasteiger partial charge in [-0.05, 0) is 60.9 Å². The number of ketones is 1. The smallest absolute Gasteiger partial charge is 0.308 e. The molecule has 0 heterocycles. The van der Waals surface area contributed by atoms with Gasteiger partial charge < -0.3 is 20.3 Å². The Hall–Kier alpha value is -2.77. The second kappa shape index (κ2) is 10.5. The first-order chi connectivity index (χ1) is 14.9. The molecule has 1 fully saturated rings. The van der Waals surface area contributed by atoms with Crippen molar-refractivity contribution >= 4 is 34.1 Å². The number of fused-ring (bicyclic) bond motifs is 1. The van der Waals surface area contributed by atoms with Crippen molar-refractivity contribution in [3.63, 3.8) is 0 Å². The van der Waals surface area contributed by atoms with Crippen LogP contribution in [0, 0.1) is 11.8 Å². The van der Waals surface area contributed by atoms with Gasteiger partial charge in [0.25, 0.3) is 5.91 Å². The summed E-state index contributed by atoms with van der Waals surface area (Å²) in [5.41, 5.74) is 0.477. The number of benzene rings is 2. The predicted octanol–water partition coefficient (Wildman–Crippen LogP) is 2.83. The summed E-state index contributed by atoms with van der Waals surface area (Å²) in [7, 11) is 1.38. The van der Waals surface area contributed by atoms with Crippen LogP contribution in [-0.2, 0) is 19.1 Å². The van der Waals surface area contributed by atoms with Gasteiger partial charge in [0.05, 0.1) is 13.0 Å². The molecule has 1 aliphatic carbocycles. The molecule has 0 aliphatic heterocycles. The molecule has 166 valence electrons. The van der Waals surface area contributed by atoms with Crippen molar-refractivity contribution in [2.24, 2.45) is 11.8 Å². The second-order valence-electron chi connectivity index (χ2n) is 8.19. The summed E-state index contributed by atoms with van der Waals surface area (Å²) in [5.74, 6) is -1.37. The molecule has 1 aliphatic rings. The van der Waals surface area contributed by atoms with E-state index in [0.29, 0.717) is 12.1 Å². The number of anilines is 1. The molecule has 0 radical (unpaired) electrons. The van der Waals surface area contributed by atoms with E-state index >= 15 is 0 Å². The molecule has 7 nitrogen and oxygen atoms in total. The van der Waals surface area contributed by atoms with E-state index in [1.807, 2.05) is 30.3 Å². The highest BCUT2D eigenvalue weighted by molar-refractivity contribution is 6.00. The Labute approximate surface area is 181 Å². The Balaban J connectivity index is 1.47. The number of methoxy groups -OCH3 is 1. The zero-order chi connectivity index (χ0) is 22.4. The van der Waals surface area contributed by atoms with Crippen molar-refractivity contribution in [3.05, 3.63) is 42.5 Å². The molecule has 31 heavy (non-hydrogen) atoms. The zero-order valence-electron chi connectivity index (χ0n) is 17.6. The highest BCUT2D eigenvalue weighted by Crippen LogP contribution is 2.32. The molecule has 0 aromatic heterocycles. The Kier molecular flexibility index (Phi) is 7.76. The Morgan fingerprint density at radius 2 is 1.68 bits per heavy atom. The van der Waals surface area contributed by atoms with Gasteiger partial charge in [-0.15, -0.1) is 0 Å². The summed E-state index contributed by atoms with van der Waals surface area (Å²) in [6, 6.07) is 12.9. The maximum atomic E-state index is 12.3. The van der Waals surface area contributed by atoms with E-state index in [0.717, 1.165) is 36.5 Å². The molecule has 3 rings (SSSR count). The number of carbonyl (C=O) groups is 3. The number of amides is 1. The first-order valence-corrected chi connectivity index (χ1v) is 10.7. The second-order valence-corrected chi connectivity index (χ2v) is 8.19. The lowest BCUT2D eigenvalue weighted by Crippen LogP contribution is -2.42. The van der Waals surface area contributed by atoms with Crippen molar-refractivity contribution in [2.75, 3.05) is 12.4 Å². The highest BCUT2D eigenvalue weighted by Gasteiger charge is 2.31. The Bertz CT molecular complexity index is 935. The van der Waals surface area contributed by atoms with Gasteiger partial charge in [-0.3, -0.25) is 14.4 Å². The van der Waals surface area contributed by atoms with Crippen LogP contribution in [-0.4, -0.2) is 47.2 Å². The molecule has 1 saturated carbocycles. The molecule has 0 saturated heterocycles. The number of nitrogens with one attached hydrogen (secondary N) is 1. The van der Waals surface area contributed by atoms with Crippen LogP contribution in [0.4, 0.5) is 5.69 Å². The lowest BCUT2D eigenvalue weighted by atomic mass is 9.79. The number of hydrogen-bond donors (Lipinski definition) is 3. The Morgan fingerprint density at radius 1 is 1.00 bits per heavy atom. The molecule has 2 atom stereocenters. The van der Waals surface area contributed by atoms with Crippen LogP contribution < -0.4 is 5.32 Å². The van der Waals surface area contributed by atoms with Gasteiger partial charge in [-0.2, -0.15) is 0 Å². The van der Waals surface area contributed by atoms with E-state index in [2.05, 4.69) is 5.32 Å². The largest absolute Gasteiger partial charge is 0.469 e. The van der Waals surface area contributed by atoms with E-state index < -0.39 is 23.9 Å². The first-order valence-electron chi connectivity index (χ1n) is 10.7. The number of Topliss-reactive ketones (excluding diaryl/α,β-unsaturated/α-hetero) is 1. The summed E-state index contributed by atoms with van der Waals surface area (Å²) in [6.45, 7) is 0. The SMILES string of the molecule is COC(=O)C1CCC(CCC(=O)[C@H](O)[C@@H](O)C(=O)Nc2ccc3ccccc3c2)CC1. The van der Waals surface area contributed by atoms with Crippen molar-refractivity contribution in [1.82, 2.24) is 0 Å². The number of ether oxygens (including phenoxy) is 1. The topological polar surface area (TPSA) is 113 Å². The number of esters is 1. The van der Waals surface area contributed by atoms with E-state index in [1.54, 1.807) is 12.1 Å². The summed E-state index contributed by atoms with van der Waals surface area (Å²) in [4.78, 5) is 36.2. The molecule has 0 unspecified atom stereocenters. The molecular weight excluding hydrogens is 398 g/mol. The molecule has 0 spiro atoms. The van der Waals surface area contributed by atoms with Crippen LogP contribution in [0.5, 0.6) is 0 Å². The van der Waals surface area contributed by atoms with Crippen LogP contribution in [0.2, 0.25) is 0 Å². The van der Waals surface area contributed by atoms with Crippen LogP contribution >= 0.6 is 0 Å². The highest BCUT2D eigenvalue weighted by atomic mass is 16.5. The number of hydrogen-bond acceptors (Lipinski definition) is 6. The normalized spacial score (nSPS) is 20.6. The van der Waals surface area contributed by atoms with Gasteiger partial charge in [0, 0.05) is 12.1 Å². The summed E-state index contributed by atoms with van der Waals surface area (Å²) in [6.07, 6.45) is 0.108. The van der Waals surface area contributed by atoms with E-state index in [9.17, 15) is 24.6 Å². The van der Waals surface area contributed by atoms with Crippen LogP contribution in [0.1, 0.15) is 38.5 Å². The average Bonchev–Trinajstić information content (AvgIpc) is 2.81. The molecule has 1 amide bonds. The summed E-state index contributed by atoms with van der Waals surface area (Å²) >= 11 is 0.